The number of nitrogens with zero attached hydrogens (tertiary/aromatic N) is 2. The summed E-state index contributed by atoms with van der Waals surface area (Å²) in [5.74, 6) is 3.19. The first-order valence-corrected chi connectivity index (χ1v) is 17.0. The molecule has 3 heterocycles. The summed E-state index contributed by atoms with van der Waals surface area (Å²) in [6.45, 7) is 0. The third-order valence-corrected chi connectivity index (χ3v) is 9.94. The van der Waals surface area contributed by atoms with Crippen LogP contribution in [0.5, 0.6) is 23.0 Å². The van der Waals surface area contributed by atoms with E-state index in [2.05, 4.69) is 91.0 Å². The summed E-state index contributed by atoms with van der Waals surface area (Å²) in [6.07, 6.45) is 0. The number of ether oxygens (including phenoxy) is 2. The van der Waals surface area contributed by atoms with Crippen molar-refractivity contribution in [2.75, 3.05) is 0 Å². The number of furan rings is 1. The molecule has 1 aliphatic heterocycles. The van der Waals surface area contributed by atoms with E-state index in [0.29, 0.717) is 34.5 Å². The molecule has 0 fully saturated rings. The van der Waals surface area contributed by atoms with Gasteiger partial charge in [0, 0.05) is 27.5 Å². The Labute approximate surface area is 292 Å². The van der Waals surface area contributed by atoms with Crippen LogP contribution in [0.25, 0.3) is 88.2 Å². The molecule has 0 saturated heterocycles. The first-order chi connectivity index (χ1) is 25.3. The fraction of sp³-hybridized carbons (Fsp3) is 0. The molecule has 2 aromatic heterocycles. The van der Waals surface area contributed by atoms with Crippen molar-refractivity contribution in [3.63, 3.8) is 0 Å². The third kappa shape index (κ3) is 4.28. The first kappa shape index (κ1) is 27.9. The van der Waals surface area contributed by atoms with Gasteiger partial charge in [0.05, 0.1) is 11.4 Å². The Hall–Kier alpha value is -6.98. The predicted molar refractivity (Wildman–Crippen MR) is 205 cm³/mol. The van der Waals surface area contributed by atoms with Gasteiger partial charge in [-0.05, 0) is 80.8 Å². The molecule has 0 amide bonds. The van der Waals surface area contributed by atoms with Crippen LogP contribution in [-0.2, 0) is 0 Å². The molecule has 5 nitrogen and oxygen atoms in total. The van der Waals surface area contributed by atoms with Crippen LogP contribution >= 0.6 is 0 Å². The van der Waals surface area contributed by atoms with E-state index in [1.54, 1.807) is 0 Å². The van der Waals surface area contributed by atoms with Crippen LogP contribution in [0.3, 0.4) is 0 Å². The van der Waals surface area contributed by atoms with Crippen LogP contribution in [0, 0.1) is 0 Å². The minimum Gasteiger partial charge on any atom is -0.455 e. The van der Waals surface area contributed by atoms with E-state index in [1.807, 2.05) is 66.7 Å². The van der Waals surface area contributed by atoms with Gasteiger partial charge in [0.2, 0.25) is 0 Å². The van der Waals surface area contributed by atoms with Crippen molar-refractivity contribution in [3.8, 4) is 56.9 Å². The van der Waals surface area contributed by atoms with E-state index >= 15 is 0 Å². The lowest BCUT2D eigenvalue weighted by atomic mass is 9.93. The van der Waals surface area contributed by atoms with E-state index in [4.69, 9.17) is 23.9 Å². The zero-order valence-corrected chi connectivity index (χ0v) is 27.1. The summed E-state index contributed by atoms with van der Waals surface area (Å²) >= 11 is 0. The number of benzene rings is 8. The predicted octanol–water partition coefficient (Wildman–Crippen LogP) is 12.7. The number of fused-ring (bicyclic) bond motifs is 11. The van der Waals surface area contributed by atoms with E-state index in [-0.39, 0.29) is 0 Å². The Morgan fingerprint density at radius 2 is 0.922 bits per heavy atom. The number of para-hydroxylation sites is 5. The Balaban J connectivity index is 1.18. The smallest absolute Gasteiger partial charge is 0.179 e. The molecule has 0 N–H and O–H groups in total. The number of hydrogen-bond donors (Lipinski definition) is 0. The summed E-state index contributed by atoms with van der Waals surface area (Å²) in [7, 11) is 0. The van der Waals surface area contributed by atoms with E-state index in [9.17, 15) is 0 Å². The second-order valence-corrected chi connectivity index (χ2v) is 12.9. The fourth-order valence-corrected chi connectivity index (χ4v) is 7.60. The second kappa shape index (κ2) is 10.8. The summed E-state index contributed by atoms with van der Waals surface area (Å²) in [5.41, 5.74) is 5.69. The van der Waals surface area contributed by atoms with Crippen LogP contribution in [0.4, 0.5) is 0 Å². The molecular formula is C46H26N2O3. The normalized spacial score (nSPS) is 12.2. The zero-order chi connectivity index (χ0) is 33.5. The zero-order valence-electron chi connectivity index (χ0n) is 27.1. The van der Waals surface area contributed by atoms with Crippen molar-refractivity contribution in [2.45, 2.75) is 0 Å². The van der Waals surface area contributed by atoms with Gasteiger partial charge >= 0.3 is 0 Å². The van der Waals surface area contributed by atoms with Crippen molar-refractivity contribution in [2.24, 2.45) is 0 Å². The number of hydrogen-bond acceptors (Lipinski definition) is 5. The first-order valence-electron chi connectivity index (χ1n) is 17.0. The summed E-state index contributed by atoms with van der Waals surface area (Å²) in [4.78, 5) is 10.5. The van der Waals surface area contributed by atoms with Crippen molar-refractivity contribution in [1.82, 2.24) is 9.97 Å². The molecule has 0 atom stereocenters. The minimum absolute atomic E-state index is 0.601. The van der Waals surface area contributed by atoms with Gasteiger partial charge in [-0.2, -0.15) is 0 Å². The van der Waals surface area contributed by atoms with Gasteiger partial charge < -0.3 is 13.9 Å². The van der Waals surface area contributed by atoms with E-state index in [1.165, 1.54) is 26.9 Å². The molecular weight excluding hydrogens is 629 g/mol. The number of aromatic nitrogens is 2. The molecule has 0 radical (unpaired) electrons. The highest BCUT2D eigenvalue weighted by Crippen LogP contribution is 2.50. The average molecular weight is 655 g/mol. The van der Waals surface area contributed by atoms with Gasteiger partial charge in [-0.25, -0.2) is 9.97 Å². The molecule has 0 bridgehead atoms. The maximum atomic E-state index is 6.51. The number of rotatable bonds is 3. The Bertz CT molecular complexity index is 3020. The third-order valence-electron chi connectivity index (χ3n) is 9.94. The van der Waals surface area contributed by atoms with Gasteiger partial charge in [-0.1, -0.05) is 109 Å². The molecule has 1 aliphatic rings. The van der Waals surface area contributed by atoms with Crippen molar-refractivity contribution in [1.29, 1.82) is 0 Å². The van der Waals surface area contributed by atoms with Gasteiger partial charge in [0.1, 0.15) is 11.2 Å². The topological polar surface area (TPSA) is 57.4 Å². The molecule has 51 heavy (non-hydrogen) atoms. The largest absolute Gasteiger partial charge is 0.455 e. The van der Waals surface area contributed by atoms with Crippen LogP contribution in [0.2, 0.25) is 0 Å². The summed E-state index contributed by atoms with van der Waals surface area (Å²) in [5, 5.41) is 9.33. The monoisotopic (exact) mass is 654 g/mol. The van der Waals surface area contributed by atoms with Crippen LogP contribution in [-0.4, -0.2) is 9.97 Å². The Kier molecular flexibility index (Phi) is 5.89. The molecule has 0 saturated carbocycles. The summed E-state index contributed by atoms with van der Waals surface area (Å²) in [6, 6.07) is 53.8. The lowest BCUT2D eigenvalue weighted by molar-refractivity contribution is 0.360. The molecule has 10 aromatic rings. The molecule has 8 aromatic carbocycles. The van der Waals surface area contributed by atoms with Gasteiger partial charge in [0.25, 0.3) is 0 Å². The van der Waals surface area contributed by atoms with Gasteiger partial charge in [0.15, 0.2) is 28.8 Å². The van der Waals surface area contributed by atoms with Crippen LogP contribution in [0.15, 0.2) is 162 Å². The SMILES string of the molecule is c1ccc2c(c1)Oc1cccc(-c3cc(-c4cccc5c4oc4ccccc45)nc(-c4ccc5c6ccccc6c6ccccc6c5c4)n3)c1O2. The van der Waals surface area contributed by atoms with Crippen molar-refractivity contribution in [3.05, 3.63) is 158 Å². The molecule has 238 valence electrons. The maximum Gasteiger partial charge on any atom is 0.179 e. The highest BCUT2D eigenvalue weighted by atomic mass is 16.6. The van der Waals surface area contributed by atoms with E-state index < -0.39 is 0 Å². The summed E-state index contributed by atoms with van der Waals surface area (Å²) < 4.78 is 19.3. The molecule has 5 heteroatoms. The standard InChI is InChI=1S/C46H26N2O3/c1-2-13-30-28(11-1)29-12-3-4-14-31(29)37-25-27(23-24-32(30)37)46-47-38(35-17-9-16-34-33-15-5-6-19-40(33)50-44(34)35)26-39(48-46)36-18-10-22-43-45(36)51-42-21-8-7-20-41(42)49-43/h1-26H. The lowest BCUT2D eigenvalue weighted by Crippen LogP contribution is -2.02. The highest BCUT2D eigenvalue weighted by molar-refractivity contribution is 6.25. The molecule has 11 rings (SSSR count). The van der Waals surface area contributed by atoms with Gasteiger partial charge in [-0.15, -0.1) is 0 Å². The van der Waals surface area contributed by atoms with Crippen LogP contribution < -0.4 is 9.47 Å². The molecule has 0 aliphatic carbocycles. The van der Waals surface area contributed by atoms with Gasteiger partial charge in [-0.3, -0.25) is 0 Å². The fourth-order valence-electron chi connectivity index (χ4n) is 7.60. The molecule has 0 unspecified atom stereocenters. The van der Waals surface area contributed by atoms with Crippen molar-refractivity contribution < 1.29 is 13.9 Å². The highest BCUT2D eigenvalue weighted by Gasteiger charge is 2.24. The van der Waals surface area contributed by atoms with Crippen molar-refractivity contribution >= 4 is 54.3 Å². The maximum absolute atomic E-state index is 6.51. The minimum atomic E-state index is 0.601. The van der Waals surface area contributed by atoms with E-state index in [0.717, 1.165) is 49.7 Å². The second-order valence-electron chi connectivity index (χ2n) is 12.9. The molecule has 0 spiro atoms. The Morgan fingerprint density at radius 1 is 0.373 bits per heavy atom. The average Bonchev–Trinajstić information content (AvgIpc) is 3.58. The van der Waals surface area contributed by atoms with Crippen LogP contribution in [0.1, 0.15) is 0 Å². The quantitative estimate of drug-likeness (QED) is 0.177. The Morgan fingerprint density at radius 3 is 1.69 bits per heavy atom. The lowest BCUT2D eigenvalue weighted by Gasteiger charge is -2.22.